The number of anilines is 1. The highest BCUT2D eigenvalue weighted by molar-refractivity contribution is 6.16. The topological polar surface area (TPSA) is 69.7 Å². The lowest BCUT2D eigenvalue weighted by atomic mass is 9.94. The van der Waals surface area contributed by atoms with Crippen molar-refractivity contribution < 1.29 is 14.4 Å². The summed E-state index contributed by atoms with van der Waals surface area (Å²) in [4.78, 5) is 42.8. The van der Waals surface area contributed by atoms with Gasteiger partial charge >= 0.3 is 0 Å². The summed E-state index contributed by atoms with van der Waals surface area (Å²) >= 11 is 0. The fourth-order valence-electron chi connectivity index (χ4n) is 4.51. The molecule has 0 aliphatic carbocycles. The predicted octanol–water partition coefficient (Wildman–Crippen LogP) is 2.73. The zero-order chi connectivity index (χ0) is 20.6. The minimum atomic E-state index is -1.31. The first-order chi connectivity index (χ1) is 14.0. The molecule has 6 nitrogen and oxygen atoms in total. The van der Waals surface area contributed by atoms with Crippen molar-refractivity contribution in [3.05, 3.63) is 65.7 Å². The van der Waals surface area contributed by atoms with E-state index in [4.69, 9.17) is 0 Å². The van der Waals surface area contributed by atoms with Crippen LogP contribution in [0.5, 0.6) is 0 Å². The molecule has 29 heavy (non-hydrogen) atoms. The maximum Gasteiger partial charge on any atom is 0.267 e. The van der Waals surface area contributed by atoms with Crippen LogP contribution < -0.4 is 10.2 Å². The fraction of sp³-hybridized carbons (Fsp3) is 0.348. The van der Waals surface area contributed by atoms with Crippen LogP contribution in [-0.2, 0) is 16.0 Å². The number of hydrogen-bond acceptors (Lipinski definition) is 3. The monoisotopic (exact) mass is 391 g/mol. The van der Waals surface area contributed by atoms with Crippen molar-refractivity contribution in [1.29, 1.82) is 0 Å². The lowest BCUT2D eigenvalue weighted by molar-refractivity contribution is -0.134. The van der Waals surface area contributed by atoms with E-state index in [2.05, 4.69) is 5.32 Å². The van der Waals surface area contributed by atoms with E-state index < -0.39 is 5.66 Å². The molecule has 0 radical (unpaired) electrons. The standard InChI is InChI=1S/C23H25N3O3/c1-16(2)25-21(28)18-10-6-7-11-19(18)26-20(27)12-14-23(25,26)22(29)24-15-13-17-8-4-3-5-9-17/h3-11,16H,12-15H2,1-2H3,(H,24,29)/t23-/m0/s1. The molecule has 0 saturated carbocycles. The first kappa shape index (κ1) is 19.2. The second kappa shape index (κ2) is 7.35. The van der Waals surface area contributed by atoms with Gasteiger partial charge < -0.3 is 10.2 Å². The van der Waals surface area contributed by atoms with Gasteiger partial charge in [-0.05, 0) is 38.0 Å². The van der Waals surface area contributed by atoms with Crippen molar-refractivity contribution in [3.8, 4) is 0 Å². The zero-order valence-electron chi connectivity index (χ0n) is 16.7. The molecule has 2 aromatic carbocycles. The number of hydrogen-bond donors (Lipinski definition) is 1. The van der Waals surface area contributed by atoms with E-state index in [0.717, 1.165) is 5.56 Å². The van der Waals surface area contributed by atoms with E-state index in [-0.39, 0.29) is 30.2 Å². The third-order valence-corrected chi connectivity index (χ3v) is 5.72. The minimum absolute atomic E-state index is 0.131. The van der Waals surface area contributed by atoms with Gasteiger partial charge in [0, 0.05) is 25.4 Å². The van der Waals surface area contributed by atoms with Crippen LogP contribution >= 0.6 is 0 Å². The zero-order valence-corrected chi connectivity index (χ0v) is 16.7. The Kier molecular flexibility index (Phi) is 4.86. The number of rotatable bonds is 5. The lowest BCUT2D eigenvalue weighted by Gasteiger charge is -2.50. The van der Waals surface area contributed by atoms with Crippen molar-refractivity contribution in [3.63, 3.8) is 0 Å². The van der Waals surface area contributed by atoms with Crippen molar-refractivity contribution >= 4 is 23.4 Å². The van der Waals surface area contributed by atoms with Gasteiger partial charge in [0.2, 0.25) is 11.6 Å². The number of carbonyl (C=O) groups is 3. The molecule has 4 rings (SSSR count). The number of nitrogens with one attached hydrogen (secondary N) is 1. The fourth-order valence-corrected chi connectivity index (χ4v) is 4.51. The molecule has 2 heterocycles. The van der Waals surface area contributed by atoms with Gasteiger partial charge in [-0.1, -0.05) is 42.5 Å². The Hall–Kier alpha value is -3.15. The summed E-state index contributed by atoms with van der Waals surface area (Å²) in [5.41, 5.74) is 0.794. The molecular formula is C23H25N3O3. The van der Waals surface area contributed by atoms with E-state index in [1.165, 1.54) is 0 Å². The van der Waals surface area contributed by atoms with Gasteiger partial charge in [0.25, 0.3) is 11.8 Å². The summed E-state index contributed by atoms with van der Waals surface area (Å²) in [5, 5.41) is 2.99. The third-order valence-electron chi connectivity index (χ3n) is 5.72. The highest BCUT2D eigenvalue weighted by Gasteiger charge is 2.61. The van der Waals surface area contributed by atoms with E-state index in [1.807, 2.05) is 44.2 Å². The first-order valence-electron chi connectivity index (χ1n) is 10.0. The van der Waals surface area contributed by atoms with Gasteiger partial charge in [-0.25, -0.2) is 0 Å². The van der Waals surface area contributed by atoms with Crippen LogP contribution in [-0.4, -0.2) is 40.9 Å². The summed E-state index contributed by atoms with van der Waals surface area (Å²) in [6.45, 7) is 4.20. The van der Waals surface area contributed by atoms with Gasteiger partial charge in [-0.2, -0.15) is 0 Å². The average molecular weight is 391 g/mol. The summed E-state index contributed by atoms with van der Waals surface area (Å²) in [7, 11) is 0. The Balaban J connectivity index is 1.69. The Morgan fingerprint density at radius 2 is 1.76 bits per heavy atom. The van der Waals surface area contributed by atoms with Crippen LogP contribution in [0.2, 0.25) is 0 Å². The highest BCUT2D eigenvalue weighted by Crippen LogP contribution is 2.45. The number of carbonyl (C=O) groups excluding carboxylic acids is 3. The predicted molar refractivity (Wildman–Crippen MR) is 110 cm³/mol. The quantitative estimate of drug-likeness (QED) is 0.852. The molecule has 1 fully saturated rings. The summed E-state index contributed by atoms with van der Waals surface area (Å²) in [6.07, 6.45) is 1.21. The Morgan fingerprint density at radius 1 is 1.07 bits per heavy atom. The Morgan fingerprint density at radius 3 is 2.48 bits per heavy atom. The third kappa shape index (κ3) is 2.99. The van der Waals surface area contributed by atoms with Crippen LogP contribution in [0.25, 0.3) is 0 Å². The van der Waals surface area contributed by atoms with Crippen LogP contribution in [0.1, 0.15) is 42.6 Å². The van der Waals surface area contributed by atoms with E-state index in [1.54, 1.807) is 34.1 Å². The SMILES string of the molecule is CC(C)N1C(=O)c2ccccc2N2C(=O)CC[C@@]21C(=O)NCCc1ccccc1. The molecule has 6 heteroatoms. The number of nitrogens with zero attached hydrogens (tertiary/aromatic N) is 2. The molecule has 2 aliphatic rings. The summed E-state index contributed by atoms with van der Waals surface area (Å²) in [5.74, 6) is -0.635. The normalized spacial score (nSPS) is 20.7. The molecule has 3 amide bonds. The van der Waals surface area contributed by atoms with Crippen LogP contribution in [0.15, 0.2) is 54.6 Å². The summed E-state index contributed by atoms with van der Waals surface area (Å²) < 4.78 is 0. The van der Waals surface area contributed by atoms with Crippen molar-refractivity contribution in [2.45, 2.75) is 44.8 Å². The molecule has 1 saturated heterocycles. The van der Waals surface area contributed by atoms with Crippen LogP contribution in [0.4, 0.5) is 5.69 Å². The second-order valence-corrected chi connectivity index (χ2v) is 7.82. The Labute approximate surface area is 170 Å². The highest BCUT2D eigenvalue weighted by atomic mass is 16.2. The molecule has 1 atom stereocenters. The molecule has 0 bridgehead atoms. The summed E-state index contributed by atoms with van der Waals surface area (Å²) in [6, 6.07) is 16.7. The van der Waals surface area contributed by atoms with Crippen LogP contribution in [0.3, 0.4) is 0 Å². The van der Waals surface area contributed by atoms with Gasteiger partial charge in [-0.15, -0.1) is 0 Å². The van der Waals surface area contributed by atoms with Gasteiger partial charge in [0.05, 0.1) is 11.3 Å². The second-order valence-electron chi connectivity index (χ2n) is 7.82. The molecule has 1 N–H and O–H groups in total. The number of amides is 3. The molecule has 150 valence electrons. The number of benzene rings is 2. The molecule has 0 aromatic heterocycles. The van der Waals surface area contributed by atoms with Crippen molar-refractivity contribution in [2.24, 2.45) is 0 Å². The van der Waals surface area contributed by atoms with E-state index >= 15 is 0 Å². The minimum Gasteiger partial charge on any atom is -0.352 e. The van der Waals surface area contributed by atoms with Crippen LogP contribution in [0, 0.1) is 0 Å². The largest absolute Gasteiger partial charge is 0.352 e. The van der Waals surface area contributed by atoms with Gasteiger partial charge in [0.1, 0.15) is 0 Å². The van der Waals surface area contributed by atoms with E-state index in [9.17, 15) is 14.4 Å². The maximum atomic E-state index is 13.5. The molecular weight excluding hydrogens is 366 g/mol. The number of fused-ring (bicyclic) bond motifs is 3. The smallest absolute Gasteiger partial charge is 0.267 e. The lowest BCUT2D eigenvalue weighted by Crippen LogP contribution is -2.72. The molecule has 2 aromatic rings. The van der Waals surface area contributed by atoms with Crippen molar-refractivity contribution in [2.75, 3.05) is 11.4 Å². The average Bonchev–Trinajstić information content (AvgIpc) is 3.07. The first-order valence-corrected chi connectivity index (χ1v) is 10.0. The van der Waals surface area contributed by atoms with E-state index in [0.29, 0.717) is 30.6 Å². The number of para-hydroxylation sites is 1. The molecule has 0 unspecified atom stereocenters. The van der Waals surface area contributed by atoms with Gasteiger partial charge in [-0.3, -0.25) is 19.3 Å². The maximum absolute atomic E-state index is 13.5. The Bertz CT molecular complexity index is 957. The molecule has 2 aliphatic heterocycles. The molecule has 0 spiro atoms. The van der Waals surface area contributed by atoms with Gasteiger partial charge in [0.15, 0.2) is 0 Å². The van der Waals surface area contributed by atoms with Crippen molar-refractivity contribution in [1.82, 2.24) is 10.2 Å².